The van der Waals surface area contributed by atoms with Crippen LogP contribution in [0, 0.1) is 0 Å². The second-order valence-electron chi connectivity index (χ2n) is 5.39. The van der Waals surface area contributed by atoms with E-state index in [0.29, 0.717) is 29.3 Å². The third kappa shape index (κ3) is 1.71. The number of hydrogen-bond acceptors (Lipinski definition) is 9. The Morgan fingerprint density at radius 1 is 1.45 bits per heavy atom. The van der Waals surface area contributed by atoms with Crippen LogP contribution in [0.25, 0.3) is 11.0 Å². The number of ether oxygens (including phenoxy) is 1. The summed E-state index contributed by atoms with van der Waals surface area (Å²) in [6.45, 7) is -0.242. The van der Waals surface area contributed by atoms with Gasteiger partial charge in [-0.1, -0.05) is 0 Å². The Kier molecular flexibility index (Phi) is 2.79. The lowest BCUT2D eigenvalue weighted by Gasteiger charge is -2.17. The van der Waals surface area contributed by atoms with Gasteiger partial charge in [-0.15, -0.1) is 10.2 Å². The molecule has 0 unspecified atom stereocenters. The molecule has 0 amide bonds. The van der Waals surface area contributed by atoms with E-state index in [-0.39, 0.29) is 6.61 Å². The van der Waals surface area contributed by atoms with E-state index in [1.54, 1.807) is 22.8 Å². The molecule has 0 aromatic carbocycles. The number of amidine groups is 1. The van der Waals surface area contributed by atoms with E-state index < -0.39 is 18.4 Å². The molecule has 1 saturated heterocycles. The van der Waals surface area contributed by atoms with Crippen LogP contribution in [-0.2, 0) is 4.74 Å². The number of aliphatic hydroxyl groups excluding tert-OH is 2. The summed E-state index contributed by atoms with van der Waals surface area (Å²) < 4.78 is 7.43. The normalized spacial score (nSPS) is 27.5. The second-order valence-corrected chi connectivity index (χ2v) is 5.39. The van der Waals surface area contributed by atoms with Gasteiger partial charge in [0.2, 0.25) is 0 Å². The molecule has 10 heteroatoms. The Balaban J connectivity index is 1.87. The van der Waals surface area contributed by atoms with Gasteiger partial charge in [-0.2, -0.15) is 5.10 Å². The molecule has 2 aliphatic heterocycles. The van der Waals surface area contributed by atoms with E-state index in [9.17, 15) is 10.2 Å². The van der Waals surface area contributed by atoms with E-state index in [0.717, 1.165) is 5.39 Å². The van der Waals surface area contributed by atoms with Crippen molar-refractivity contribution in [1.29, 1.82) is 0 Å². The number of aliphatic hydroxyl groups is 2. The summed E-state index contributed by atoms with van der Waals surface area (Å²) in [6, 6.07) is 0. The molecule has 0 saturated carbocycles. The summed E-state index contributed by atoms with van der Waals surface area (Å²) in [5.74, 6) is 0.913. The minimum Gasteiger partial charge on any atom is -0.394 e. The highest BCUT2D eigenvalue weighted by molar-refractivity contribution is 6.13. The second kappa shape index (κ2) is 4.60. The lowest BCUT2D eigenvalue weighted by Crippen LogP contribution is -2.25. The van der Waals surface area contributed by atoms with Crippen molar-refractivity contribution in [2.24, 2.45) is 10.8 Å². The Morgan fingerprint density at radius 2 is 2.27 bits per heavy atom. The lowest BCUT2D eigenvalue weighted by molar-refractivity contribution is -0.0430. The molecule has 0 radical (unpaired) electrons. The molecule has 2 aromatic rings. The SMILES string of the molecule is CN1N=C(N)c2cn([C@H]3C[C@H](O)[C@@H](CO)O3)c3nnnc1c23. The fourth-order valence-electron chi connectivity index (χ4n) is 2.95. The van der Waals surface area contributed by atoms with Crippen molar-refractivity contribution in [2.75, 3.05) is 18.7 Å². The zero-order valence-electron chi connectivity index (χ0n) is 11.8. The fraction of sp³-hybridized carbons (Fsp3) is 0.500. The smallest absolute Gasteiger partial charge is 0.184 e. The summed E-state index contributed by atoms with van der Waals surface area (Å²) in [6.07, 6.45) is 0.320. The van der Waals surface area contributed by atoms with Gasteiger partial charge in [0.05, 0.1) is 18.1 Å². The first-order valence-corrected chi connectivity index (χ1v) is 6.86. The van der Waals surface area contributed by atoms with E-state index >= 15 is 0 Å². The molecule has 2 aromatic heterocycles. The maximum Gasteiger partial charge on any atom is 0.184 e. The van der Waals surface area contributed by atoms with Crippen LogP contribution in [0.3, 0.4) is 0 Å². The van der Waals surface area contributed by atoms with Crippen LogP contribution in [0.4, 0.5) is 5.82 Å². The Bertz CT molecular complexity index is 773. The average molecular weight is 305 g/mol. The molecule has 0 bridgehead atoms. The third-order valence-corrected chi connectivity index (χ3v) is 4.04. The number of rotatable bonds is 2. The number of hydrazone groups is 1. The maximum absolute atomic E-state index is 9.91. The van der Waals surface area contributed by atoms with Crippen molar-refractivity contribution in [3.8, 4) is 0 Å². The highest BCUT2D eigenvalue weighted by Crippen LogP contribution is 2.36. The summed E-state index contributed by atoms with van der Waals surface area (Å²) >= 11 is 0. The zero-order chi connectivity index (χ0) is 15.4. The topological polar surface area (TPSA) is 135 Å². The summed E-state index contributed by atoms with van der Waals surface area (Å²) in [5, 5.41) is 37.4. The Labute approximate surface area is 124 Å². The average Bonchev–Trinajstić information content (AvgIpc) is 3.06. The largest absolute Gasteiger partial charge is 0.394 e. The fourth-order valence-corrected chi connectivity index (χ4v) is 2.95. The number of nitrogens with zero attached hydrogens (tertiary/aromatic N) is 6. The van der Waals surface area contributed by atoms with Crippen LogP contribution < -0.4 is 10.7 Å². The standard InChI is InChI=1S/C12H15N7O3/c1-18-11-9-5(10(13)16-18)3-19(12(9)15-17-14-11)8-2-6(21)7(4-20)22-8/h3,6-8,20-21H,2,4H2,1H3,(H2,13,16)/t6-,7+,8+/m0/s1. The molecule has 4 rings (SSSR count). The van der Waals surface area contributed by atoms with Gasteiger partial charge in [0.15, 0.2) is 17.3 Å². The summed E-state index contributed by atoms with van der Waals surface area (Å²) in [4.78, 5) is 0. The minimum atomic E-state index is -0.732. The number of hydrogen-bond donors (Lipinski definition) is 3. The van der Waals surface area contributed by atoms with Gasteiger partial charge in [-0.25, -0.2) is 5.01 Å². The van der Waals surface area contributed by atoms with Crippen molar-refractivity contribution in [2.45, 2.75) is 24.9 Å². The van der Waals surface area contributed by atoms with Crippen molar-refractivity contribution in [3.63, 3.8) is 0 Å². The van der Waals surface area contributed by atoms with Crippen LogP contribution in [0.1, 0.15) is 18.2 Å². The molecule has 4 N–H and O–H groups in total. The molecule has 116 valence electrons. The molecule has 10 nitrogen and oxygen atoms in total. The zero-order valence-corrected chi connectivity index (χ0v) is 11.8. The van der Waals surface area contributed by atoms with Gasteiger partial charge in [0.25, 0.3) is 0 Å². The van der Waals surface area contributed by atoms with Gasteiger partial charge >= 0.3 is 0 Å². The van der Waals surface area contributed by atoms with Crippen molar-refractivity contribution < 1.29 is 14.9 Å². The van der Waals surface area contributed by atoms with Gasteiger partial charge in [0, 0.05) is 25.2 Å². The molecule has 3 atom stereocenters. The van der Waals surface area contributed by atoms with Crippen molar-refractivity contribution >= 4 is 22.7 Å². The molecule has 4 heterocycles. The highest BCUT2D eigenvalue weighted by atomic mass is 16.5. The van der Waals surface area contributed by atoms with E-state index in [1.807, 2.05) is 0 Å². The van der Waals surface area contributed by atoms with Crippen LogP contribution in [0.5, 0.6) is 0 Å². The van der Waals surface area contributed by atoms with E-state index in [1.165, 1.54) is 0 Å². The van der Waals surface area contributed by atoms with E-state index in [2.05, 4.69) is 20.5 Å². The molecule has 2 aliphatic rings. The summed E-state index contributed by atoms with van der Waals surface area (Å²) in [7, 11) is 1.73. The molecule has 22 heavy (non-hydrogen) atoms. The molecule has 1 fully saturated rings. The first-order chi connectivity index (χ1) is 10.6. The van der Waals surface area contributed by atoms with Gasteiger partial charge in [-0.3, -0.25) is 0 Å². The molecule has 0 spiro atoms. The van der Waals surface area contributed by atoms with Crippen LogP contribution in [0.2, 0.25) is 0 Å². The van der Waals surface area contributed by atoms with Crippen LogP contribution in [-0.4, -0.2) is 61.9 Å². The van der Waals surface area contributed by atoms with Gasteiger partial charge in [0.1, 0.15) is 12.3 Å². The first-order valence-electron chi connectivity index (χ1n) is 6.86. The maximum atomic E-state index is 9.91. The molecular weight excluding hydrogens is 290 g/mol. The van der Waals surface area contributed by atoms with Crippen LogP contribution >= 0.6 is 0 Å². The number of nitrogens with two attached hydrogens (primary N) is 1. The number of aromatic nitrogens is 4. The highest BCUT2D eigenvalue weighted by Gasteiger charge is 2.36. The number of anilines is 1. The molecule has 0 aliphatic carbocycles. The van der Waals surface area contributed by atoms with Gasteiger partial charge in [-0.05, 0) is 5.21 Å². The third-order valence-electron chi connectivity index (χ3n) is 4.04. The molecular formula is C12H15N7O3. The predicted octanol–water partition coefficient (Wildman–Crippen LogP) is -1.46. The first kappa shape index (κ1) is 13.4. The monoisotopic (exact) mass is 305 g/mol. The summed E-state index contributed by atoms with van der Waals surface area (Å²) in [5.41, 5.74) is 7.24. The van der Waals surface area contributed by atoms with Crippen molar-refractivity contribution in [3.05, 3.63) is 11.8 Å². The van der Waals surface area contributed by atoms with Gasteiger partial charge < -0.3 is 25.3 Å². The van der Waals surface area contributed by atoms with Crippen molar-refractivity contribution in [1.82, 2.24) is 20.0 Å². The van der Waals surface area contributed by atoms with E-state index in [4.69, 9.17) is 10.5 Å². The quantitative estimate of drug-likeness (QED) is 0.612. The van der Waals surface area contributed by atoms with Crippen LogP contribution in [0.15, 0.2) is 11.3 Å². The predicted molar refractivity (Wildman–Crippen MR) is 76.1 cm³/mol. The Morgan fingerprint density at radius 3 is 3.00 bits per heavy atom. The lowest BCUT2D eigenvalue weighted by atomic mass is 10.2. The minimum absolute atomic E-state index is 0.242. The Hall–Kier alpha value is -2.30.